The van der Waals surface area contributed by atoms with Crippen molar-refractivity contribution in [3.63, 3.8) is 0 Å². The number of carboxylic acids is 3. The van der Waals surface area contributed by atoms with E-state index in [4.69, 9.17) is 68.1 Å². The summed E-state index contributed by atoms with van der Waals surface area (Å²) in [6.07, 6.45) is -4.77. The molecule has 0 aliphatic carbocycles. The summed E-state index contributed by atoms with van der Waals surface area (Å²) in [5, 5.41) is 29.0. The average molecular weight is 1470 g/mol. The van der Waals surface area contributed by atoms with Crippen LogP contribution in [0.4, 0.5) is 52.2 Å². The Bertz CT molecular complexity index is 4050. The Balaban J connectivity index is 0.000000348. The van der Waals surface area contributed by atoms with Crippen LogP contribution in [-0.4, -0.2) is 175 Å². The van der Waals surface area contributed by atoms with Crippen molar-refractivity contribution in [1.29, 1.82) is 0 Å². The normalized spacial score (nSPS) is 12.3. The van der Waals surface area contributed by atoms with Crippen LogP contribution in [0.5, 0.6) is 35.0 Å². The van der Waals surface area contributed by atoms with Crippen molar-refractivity contribution >= 4 is 104 Å². The number of ether oxygens (including phenoxy) is 6. The van der Waals surface area contributed by atoms with Gasteiger partial charge in [0.25, 0.3) is 26.0 Å². The molecule has 522 valence electrons. The van der Waals surface area contributed by atoms with Gasteiger partial charge in [-0.15, -0.1) is 0 Å². The van der Waals surface area contributed by atoms with Gasteiger partial charge in [-0.25, -0.2) is 46.8 Å². The molecule has 6 rings (SSSR count). The standard InChI is InChI=1S/C17H11Cl2F3O5.C15H18N6O6S.C14H10F4N4O7S.C5H12NO4P/c1-8(15(23)24)26-16(25)11-7-10(3-4-12(11)18)27-14-5-2-9(6-13(14)19)17(20,21)22;1-21(2)13(22)9-6-5-7-16-12(9)28(24,25)20-15(23)19-14-17-10(26-3)8-11(18-14)27-4;15-11(16)28-8-5-9(29-12(17)18)20-13(19-8)21-14(25)22-30(26,27)7-4-2-1-3-6(7)10(23)24;1-11(9,10)3-2-4(6)5(7)8/h2-8H,1H3,(H,23,24);5-8H,1-4H3,(H2,17,18,19,20,23);1-5,11-12H,(H,23,24)(H2,19,20,21,22,25);4H,2-3,6H2,1H3,(H,7,8)(H,9,10)/t8-;;;/m0.../s1. The lowest BCUT2D eigenvalue weighted by atomic mass is 10.2. The molecular weight excluding hydrogens is 1420 g/mol. The van der Waals surface area contributed by atoms with E-state index in [1.54, 1.807) is 10.0 Å². The Labute approximate surface area is 546 Å². The maximum absolute atomic E-state index is 12.7. The van der Waals surface area contributed by atoms with Crippen LogP contribution >= 0.6 is 30.6 Å². The summed E-state index contributed by atoms with van der Waals surface area (Å²) in [6, 6.07) is 11.4. The van der Waals surface area contributed by atoms with Gasteiger partial charge in [0.1, 0.15) is 22.4 Å². The fraction of sp³-hybridized carbons (Fsp3) is 0.255. The van der Waals surface area contributed by atoms with Gasteiger partial charge < -0.3 is 59.3 Å². The summed E-state index contributed by atoms with van der Waals surface area (Å²) in [6.45, 7) is -4.47. The Kier molecular flexibility index (Phi) is 29.7. The number of alkyl halides is 7. The highest BCUT2D eigenvalue weighted by atomic mass is 35.5. The number of carboxylic acid groups (broad SMARTS) is 3. The van der Waals surface area contributed by atoms with Crippen LogP contribution in [0.2, 0.25) is 10.0 Å². The molecule has 45 heteroatoms. The van der Waals surface area contributed by atoms with Crippen LogP contribution in [0.25, 0.3) is 0 Å². The SMILES string of the molecule is COc1cc(OC)nc(NC(=O)NS(=O)(=O)c2ncccc2C(=O)N(C)C)n1.CP(=O)(O)CCC(N)C(=O)O.C[C@H](OC(=O)c1cc(Oc2ccc(C(F)(F)F)cc2Cl)ccc1Cl)C(=O)O.O=C(Nc1nc(OC(F)F)cc(OC(F)F)n1)NS(=O)(=O)c1ccccc1C(=O)O. The third-order valence-corrected chi connectivity index (χ3v) is 15.0. The molecule has 10 N–H and O–H groups in total. The third-order valence-electron chi connectivity index (χ3n) is 10.6. The fourth-order valence-corrected chi connectivity index (χ4v) is 9.62. The van der Waals surface area contributed by atoms with Gasteiger partial charge >= 0.3 is 55.3 Å². The number of urea groups is 2. The molecule has 0 aliphatic heterocycles. The molecule has 96 heavy (non-hydrogen) atoms. The smallest absolute Gasteiger partial charge is 0.416 e. The van der Waals surface area contributed by atoms with E-state index in [0.29, 0.717) is 12.1 Å². The summed E-state index contributed by atoms with van der Waals surface area (Å²) in [7, 11) is -6.67. The van der Waals surface area contributed by atoms with Crippen LogP contribution in [0, 0.1) is 0 Å². The first-order valence-electron chi connectivity index (χ1n) is 25.4. The highest BCUT2D eigenvalue weighted by Gasteiger charge is 2.32. The van der Waals surface area contributed by atoms with Crippen molar-refractivity contribution in [1.82, 2.24) is 39.3 Å². The summed E-state index contributed by atoms with van der Waals surface area (Å²) < 4.78 is 179. The van der Waals surface area contributed by atoms with Crippen LogP contribution in [0.1, 0.15) is 50.0 Å². The minimum absolute atomic E-state index is 0.0246. The fourth-order valence-electron chi connectivity index (χ4n) is 6.31. The molecule has 3 aromatic heterocycles. The third kappa shape index (κ3) is 26.4. The van der Waals surface area contributed by atoms with Crippen molar-refractivity contribution in [2.24, 2.45) is 5.73 Å². The lowest BCUT2D eigenvalue weighted by molar-refractivity contribution is -0.146. The second kappa shape index (κ2) is 35.5. The number of hydrogen-bond acceptors (Lipinski definition) is 24. The number of aromatic nitrogens is 5. The molecule has 5 amide bonds. The minimum atomic E-state index is -4.71. The number of pyridine rings is 1. The van der Waals surface area contributed by atoms with E-state index in [2.05, 4.69) is 39.7 Å². The maximum Gasteiger partial charge on any atom is 0.416 e. The van der Waals surface area contributed by atoms with Crippen molar-refractivity contribution in [2.75, 3.05) is 51.8 Å². The topological polar surface area (TPSA) is 483 Å². The quantitative estimate of drug-likeness (QED) is 0.0175. The number of aliphatic carboxylic acids is 2. The van der Waals surface area contributed by atoms with E-state index in [9.17, 15) is 85.7 Å². The number of carbonyl (C=O) groups is 7. The molecule has 0 radical (unpaired) electrons. The number of nitrogens with two attached hydrogens (primary N) is 1. The molecule has 33 nitrogen and oxygen atoms in total. The summed E-state index contributed by atoms with van der Waals surface area (Å²) in [5.74, 6) is -8.64. The van der Waals surface area contributed by atoms with Gasteiger partial charge in [0.05, 0.1) is 58.7 Å². The van der Waals surface area contributed by atoms with E-state index in [1.807, 2.05) is 0 Å². The van der Waals surface area contributed by atoms with Gasteiger partial charge in [-0.1, -0.05) is 35.3 Å². The van der Waals surface area contributed by atoms with Gasteiger partial charge in [0.15, 0.2) is 18.5 Å². The average Bonchev–Trinajstić information content (AvgIpc) is 0.866. The number of rotatable bonds is 23. The number of nitrogens with one attached hydrogen (secondary N) is 4. The molecule has 2 unspecified atom stereocenters. The molecular formula is C51H51Cl2F7N11O22PS2. The van der Waals surface area contributed by atoms with E-state index in [-0.39, 0.29) is 63.0 Å². The Morgan fingerprint density at radius 2 is 1.20 bits per heavy atom. The summed E-state index contributed by atoms with van der Waals surface area (Å²) in [4.78, 5) is 107. The number of carbonyl (C=O) groups excluding carboxylic acids is 4. The number of nitrogens with zero attached hydrogens (tertiary/aromatic N) is 6. The van der Waals surface area contributed by atoms with Gasteiger partial charge in [-0.2, -0.15) is 59.1 Å². The van der Waals surface area contributed by atoms with Crippen LogP contribution in [-0.2, 0) is 45.1 Å². The minimum Gasteiger partial charge on any atom is -0.481 e. The highest BCUT2D eigenvalue weighted by molar-refractivity contribution is 7.90. The molecule has 0 bridgehead atoms. The zero-order valence-electron chi connectivity index (χ0n) is 49.4. The van der Waals surface area contributed by atoms with Crippen molar-refractivity contribution in [3.8, 4) is 35.0 Å². The predicted molar refractivity (Wildman–Crippen MR) is 316 cm³/mol. The number of hydrogen-bond donors (Lipinski definition) is 9. The number of methoxy groups -OCH3 is 2. The molecule has 0 fully saturated rings. The van der Waals surface area contributed by atoms with E-state index < -0.39 is 140 Å². The molecule has 3 heterocycles. The van der Waals surface area contributed by atoms with Gasteiger partial charge in [-0.05, 0) is 74.0 Å². The maximum atomic E-state index is 12.7. The Hall–Kier alpha value is -10.0. The van der Waals surface area contributed by atoms with Crippen LogP contribution < -0.4 is 49.5 Å². The molecule has 6 aromatic rings. The number of halogens is 9. The number of sulfonamides is 2. The Morgan fingerprint density at radius 1 is 0.688 bits per heavy atom. The zero-order chi connectivity index (χ0) is 72.8. The van der Waals surface area contributed by atoms with Crippen molar-refractivity contribution in [3.05, 3.63) is 123 Å². The van der Waals surface area contributed by atoms with Crippen molar-refractivity contribution in [2.45, 2.75) is 54.8 Å². The molecule has 3 atom stereocenters. The molecule has 0 saturated carbocycles. The second-order valence-corrected chi connectivity index (χ2v) is 24.8. The monoisotopic (exact) mass is 1470 g/mol. The lowest BCUT2D eigenvalue weighted by Gasteiger charge is -2.14. The molecule has 0 aliphatic rings. The number of anilines is 2. The highest BCUT2D eigenvalue weighted by Crippen LogP contribution is 2.38. The number of amides is 5. The Morgan fingerprint density at radius 3 is 1.67 bits per heavy atom. The predicted octanol–water partition coefficient (Wildman–Crippen LogP) is 7.11. The summed E-state index contributed by atoms with van der Waals surface area (Å²) >= 11 is 11.7. The first-order chi connectivity index (χ1) is 44.5. The molecule has 0 spiro atoms. The van der Waals surface area contributed by atoms with Gasteiger partial charge in [-0.3, -0.25) is 24.8 Å². The molecule has 3 aromatic carbocycles. The van der Waals surface area contributed by atoms with Crippen LogP contribution in [0.3, 0.4) is 0 Å². The van der Waals surface area contributed by atoms with E-state index in [1.165, 1.54) is 93.3 Å². The van der Waals surface area contributed by atoms with Gasteiger partial charge in [0, 0.05) is 33.1 Å². The number of esters is 1. The number of benzene rings is 3. The first kappa shape index (κ1) is 80.2. The molecule has 0 saturated heterocycles. The number of aromatic carboxylic acids is 1. The van der Waals surface area contributed by atoms with E-state index >= 15 is 0 Å². The van der Waals surface area contributed by atoms with E-state index in [0.717, 1.165) is 37.3 Å². The van der Waals surface area contributed by atoms with Crippen LogP contribution in [0.15, 0.2) is 101 Å². The van der Waals surface area contributed by atoms with Gasteiger partial charge in [0.2, 0.25) is 35.4 Å². The largest absolute Gasteiger partial charge is 0.481 e. The second-order valence-electron chi connectivity index (χ2n) is 18.2. The first-order valence-corrected chi connectivity index (χ1v) is 31.5. The summed E-state index contributed by atoms with van der Waals surface area (Å²) in [5.41, 5.74) is 3.14. The van der Waals surface area contributed by atoms with Crippen molar-refractivity contribution < 1.29 is 134 Å². The lowest BCUT2D eigenvalue weighted by Crippen LogP contribution is -2.36. The zero-order valence-corrected chi connectivity index (χ0v) is 53.5.